The van der Waals surface area contributed by atoms with Crippen molar-refractivity contribution in [2.24, 2.45) is 11.3 Å². The molecule has 0 N–H and O–H groups in total. The van der Waals surface area contributed by atoms with Crippen LogP contribution in [0.5, 0.6) is 0 Å². The molecule has 1 atom stereocenters. The van der Waals surface area contributed by atoms with Crippen molar-refractivity contribution in [1.29, 1.82) is 0 Å². The highest BCUT2D eigenvalue weighted by Crippen LogP contribution is 2.47. The molecule has 0 aromatic heterocycles. The SMILES string of the molecule is CCC(C)(CCCC(=O)OCC1c2ccccc2-c2ccccc21)CCCC(CCCC(=O)OCC1c2ccccc2-c2ccccc21)CCCC(=O)OCC1c2ccccc2-c2ccccc21. The molecule has 68 heavy (non-hydrogen) atoms. The molecule has 0 spiro atoms. The second kappa shape index (κ2) is 21.8. The van der Waals surface area contributed by atoms with Crippen LogP contribution in [0.3, 0.4) is 0 Å². The van der Waals surface area contributed by atoms with Gasteiger partial charge in [0.1, 0.15) is 19.8 Å². The molecule has 0 saturated heterocycles. The number of benzene rings is 6. The fourth-order valence-corrected chi connectivity index (χ4v) is 11.5. The van der Waals surface area contributed by atoms with Gasteiger partial charge in [0.25, 0.3) is 0 Å². The van der Waals surface area contributed by atoms with Crippen molar-refractivity contribution in [3.05, 3.63) is 179 Å². The fraction of sp³-hybridized carbons (Fsp3) is 0.371. The van der Waals surface area contributed by atoms with Gasteiger partial charge in [0.2, 0.25) is 0 Å². The molecule has 0 radical (unpaired) electrons. The van der Waals surface area contributed by atoms with E-state index >= 15 is 0 Å². The van der Waals surface area contributed by atoms with Crippen molar-refractivity contribution >= 4 is 17.9 Å². The average molecular weight is 907 g/mol. The first-order chi connectivity index (χ1) is 33.3. The molecule has 0 amide bonds. The summed E-state index contributed by atoms with van der Waals surface area (Å²) in [6.07, 6.45) is 10.4. The van der Waals surface area contributed by atoms with Crippen LogP contribution < -0.4 is 0 Å². The number of carbonyl (C=O) groups excluding carboxylic acids is 3. The zero-order chi connectivity index (χ0) is 46.9. The Morgan fingerprint density at radius 3 is 0.985 bits per heavy atom. The maximum atomic E-state index is 13.3. The van der Waals surface area contributed by atoms with Gasteiger partial charge in [0, 0.05) is 37.0 Å². The molecule has 0 bridgehead atoms. The predicted molar refractivity (Wildman–Crippen MR) is 271 cm³/mol. The minimum atomic E-state index is -0.154. The van der Waals surface area contributed by atoms with Crippen molar-refractivity contribution in [3.63, 3.8) is 0 Å². The van der Waals surface area contributed by atoms with E-state index in [-0.39, 0.29) is 41.1 Å². The molecular formula is C62H66O6. The van der Waals surface area contributed by atoms with E-state index in [0.717, 1.165) is 64.2 Å². The standard InChI is InChI=1S/C62H66O6/c1-3-62(2,39-19-37-61(65)68-42-58-54-33-14-8-27-48(54)49-28-9-15-34-55(49)58)38-18-22-43(20-16-35-59(63)66-40-56-50-29-10-4-23-44(50)45-24-5-11-30-51(45)56)21-17-36-60(64)67-41-57-52-31-12-6-25-46(52)47-26-7-13-32-53(47)57/h4-15,23-34,43,56-58H,3,16-22,35-42H2,1-2H3. The lowest BCUT2D eigenvalue weighted by Crippen LogP contribution is -2.18. The molecule has 1 unspecified atom stereocenters. The Bertz CT molecular complexity index is 2460. The molecule has 6 heteroatoms. The molecule has 350 valence electrons. The van der Waals surface area contributed by atoms with Gasteiger partial charge in [0.05, 0.1) is 0 Å². The summed E-state index contributed by atoms with van der Waals surface area (Å²) in [5.74, 6) is 0.0990. The van der Waals surface area contributed by atoms with Crippen molar-refractivity contribution < 1.29 is 28.6 Å². The van der Waals surface area contributed by atoms with Crippen LogP contribution >= 0.6 is 0 Å². The average Bonchev–Trinajstić information content (AvgIpc) is 3.99. The highest BCUT2D eigenvalue weighted by atomic mass is 16.5. The summed E-state index contributed by atoms with van der Waals surface area (Å²) in [6.45, 7) is 5.66. The Balaban J connectivity index is 0.752. The first-order valence-electron chi connectivity index (χ1n) is 25.3. The van der Waals surface area contributed by atoms with Crippen LogP contribution in [0.1, 0.15) is 148 Å². The van der Waals surface area contributed by atoms with E-state index in [1.807, 2.05) is 0 Å². The molecular weight excluding hydrogens is 841 g/mol. The van der Waals surface area contributed by atoms with E-state index in [4.69, 9.17) is 14.2 Å². The fourth-order valence-electron chi connectivity index (χ4n) is 11.5. The summed E-state index contributed by atoms with van der Waals surface area (Å²) in [4.78, 5) is 39.7. The third-order valence-electron chi connectivity index (χ3n) is 15.5. The Kier molecular flexibility index (Phi) is 15.0. The monoisotopic (exact) mass is 906 g/mol. The first kappa shape index (κ1) is 46.8. The topological polar surface area (TPSA) is 78.9 Å². The number of fused-ring (bicyclic) bond motifs is 9. The summed E-state index contributed by atoms with van der Waals surface area (Å²) in [5.41, 5.74) is 14.8. The van der Waals surface area contributed by atoms with E-state index in [1.54, 1.807) is 0 Å². The predicted octanol–water partition coefficient (Wildman–Crippen LogP) is 14.8. The largest absolute Gasteiger partial charge is 0.465 e. The molecule has 0 fully saturated rings. The van der Waals surface area contributed by atoms with Crippen LogP contribution in [0.25, 0.3) is 33.4 Å². The quantitative estimate of drug-likeness (QED) is 0.0471. The third-order valence-corrected chi connectivity index (χ3v) is 15.5. The molecule has 6 aromatic rings. The maximum absolute atomic E-state index is 13.3. The summed E-state index contributed by atoms with van der Waals surface area (Å²) in [5, 5.41) is 0. The van der Waals surface area contributed by atoms with Crippen LogP contribution in [0.2, 0.25) is 0 Å². The molecule has 9 rings (SSSR count). The summed E-state index contributed by atoms with van der Waals surface area (Å²) >= 11 is 0. The van der Waals surface area contributed by atoms with Gasteiger partial charge in [-0.1, -0.05) is 179 Å². The van der Waals surface area contributed by atoms with E-state index in [1.165, 1.54) is 66.8 Å². The minimum absolute atomic E-state index is 0.0452. The smallest absolute Gasteiger partial charge is 0.305 e. The van der Waals surface area contributed by atoms with Gasteiger partial charge >= 0.3 is 17.9 Å². The van der Waals surface area contributed by atoms with E-state index in [2.05, 4.69) is 159 Å². The number of hydrogen-bond acceptors (Lipinski definition) is 6. The first-order valence-corrected chi connectivity index (χ1v) is 25.3. The Labute approximate surface area is 403 Å². The number of esters is 3. The van der Waals surface area contributed by atoms with E-state index in [9.17, 15) is 14.4 Å². The normalized spacial score (nSPS) is 14.3. The number of rotatable bonds is 23. The molecule has 0 saturated carbocycles. The van der Waals surface area contributed by atoms with Crippen LogP contribution in [0.15, 0.2) is 146 Å². The summed E-state index contributed by atoms with van der Waals surface area (Å²) < 4.78 is 17.9. The molecule has 6 aromatic carbocycles. The lowest BCUT2D eigenvalue weighted by atomic mass is 9.77. The number of carbonyl (C=O) groups is 3. The van der Waals surface area contributed by atoms with Gasteiger partial charge < -0.3 is 14.2 Å². The summed E-state index contributed by atoms with van der Waals surface area (Å²) in [7, 11) is 0. The molecule has 6 nitrogen and oxygen atoms in total. The molecule has 3 aliphatic rings. The van der Waals surface area contributed by atoms with E-state index in [0.29, 0.717) is 45.0 Å². The Morgan fingerprint density at radius 1 is 0.412 bits per heavy atom. The van der Waals surface area contributed by atoms with Crippen LogP contribution in [0, 0.1) is 11.3 Å². The van der Waals surface area contributed by atoms with Crippen molar-refractivity contribution in [3.8, 4) is 33.4 Å². The molecule has 0 heterocycles. The van der Waals surface area contributed by atoms with Crippen LogP contribution in [-0.2, 0) is 28.6 Å². The minimum Gasteiger partial charge on any atom is -0.465 e. The zero-order valence-electron chi connectivity index (χ0n) is 39.9. The van der Waals surface area contributed by atoms with E-state index < -0.39 is 0 Å². The zero-order valence-corrected chi connectivity index (χ0v) is 39.9. The van der Waals surface area contributed by atoms with Gasteiger partial charge in [0.15, 0.2) is 0 Å². The maximum Gasteiger partial charge on any atom is 0.305 e. The number of ether oxygens (including phenoxy) is 3. The Morgan fingerprint density at radius 2 is 0.676 bits per heavy atom. The third kappa shape index (κ3) is 10.6. The highest BCUT2D eigenvalue weighted by Gasteiger charge is 2.32. The highest BCUT2D eigenvalue weighted by molar-refractivity contribution is 5.81. The lowest BCUT2D eigenvalue weighted by Gasteiger charge is -2.29. The Hall–Kier alpha value is -6.27. The van der Waals surface area contributed by atoms with Crippen molar-refractivity contribution in [2.45, 2.75) is 115 Å². The van der Waals surface area contributed by atoms with Gasteiger partial charge in [-0.3, -0.25) is 14.4 Å². The van der Waals surface area contributed by atoms with Gasteiger partial charge in [-0.15, -0.1) is 0 Å². The number of hydrogen-bond donors (Lipinski definition) is 0. The lowest BCUT2D eigenvalue weighted by molar-refractivity contribution is -0.145. The van der Waals surface area contributed by atoms with Crippen LogP contribution in [0.4, 0.5) is 0 Å². The van der Waals surface area contributed by atoms with Crippen molar-refractivity contribution in [1.82, 2.24) is 0 Å². The van der Waals surface area contributed by atoms with Gasteiger partial charge in [-0.25, -0.2) is 0 Å². The van der Waals surface area contributed by atoms with Gasteiger partial charge in [-0.05, 0) is 123 Å². The van der Waals surface area contributed by atoms with Crippen LogP contribution in [-0.4, -0.2) is 37.7 Å². The molecule has 0 aliphatic heterocycles. The summed E-state index contributed by atoms with van der Waals surface area (Å²) in [6, 6.07) is 50.6. The van der Waals surface area contributed by atoms with Gasteiger partial charge in [-0.2, -0.15) is 0 Å². The molecule has 3 aliphatic carbocycles. The second-order valence-electron chi connectivity index (χ2n) is 19.8. The second-order valence-corrected chi connectivity index (χ2v) is 19.8. The van der Waals surface area contributed by atoms with Crippen molar-refractivity contribution in [2.75, 3.05) is 19.8 Å².